The molecule has 28 heavy (non-hydrogen) atoms. The maximum Gasteiger partial charge on any atom is 0.343 e. The first kappa shape index (κ1) is 17.8. The number of hydrogen-bond donors (Lipinski definition) is 1. The first-order valence-electron chi connectivity index (χ1n) is 8.36. The average molecular weight is 390 g/mol. The molecule has 1 N–H and O–H groups in total. The molecule has 3 heterocycles. The van der Waals surface area contributed by atoms with Crippen molar-refractivity contribution in [3.05, 3.63) is 83.1 Å². The minimum Gasteiger partial charge on any atom is -0.360 e. The van der Waals surface area contributed by atoms with E-state index in [9.17, 15) is 10.1 Å². The molecular formula is C19H14N6O2S. The fourth-order valence-corrected chi connectivity index (χ4v) is 3.67. The zero-order valence-corrected chi connectivity index (χ0v) is 15.3. The molecule has 0 atom stereocenters. The number of hydrogen-bond acceptors (Lipinski definition) is 8. The van der Waals surface area contributed by atoms with Crippen LogP contribution in [0.5, 0.6) is 0 Å². The van der Waals surface area contributed by atoms with Gasteiger partial charge in [0.05, 0.1) is 10.4 Å². The zero-order valence-electron chi connectivity index (χ0n) is 14.5. The van der Waals surface area contributed by atoms with Crippen molar-refractivity contribution in [2.24, 2.45) is 0 Å². The van der Waals surface area contributed by atoms with Gasteiger partial charge in [-0.1, -0.05) is 36.0 Å². The van der Waals surface area contributed by atoms with Gasteiger partial charge < -0.3 is 5.32 Å². The summed E-state index contributed by atoms with van der Waals surface area (Å²) in [6.07, 6.45) is 6.38. The Hall–Kier alpha value is -3.59. The van der Waals surface area contributed by atoms with E-state index in [2.05, 4.69) is 25.3 Å². The van der Waals surface area contributed by atoms with Crippen LogP contribution < -0.4 is 5.32 Å². The highest BCUT2D eigenvalue weighted by molar-refractivity contribution is 7.99. The number of nitrogens with one attached hydrogen (secondary N) is 1. The van der Waals surface area contributed by atoms with Crippen molar-refractivity contribution in [3.8, 4) is 0 Å². The number of para-hydroxylation sites is 1. The Bertz CT molecular complexity index is 1130. The van der Waals surface area contributed by atoms with Gasteiger partial charge in [0.25, 0.3) is 0 Å². The van der Waals surface area contributed by atoms with E-state index in [4.69, 9.17) is 0 Å². The molecule has 3 aromatic heterocycles. The standard InChI is InChI=1S/C19H14N6O2S/c26-25(27)17-18(22-11-13-4-2-8-20-10-13)23-12-24-19(17)28-15-7-1-5-14-6-3-9-21-16(14)15/h1-10,12H,11H2,(H,22,23,24). The second-order valence-corrected chi connectivity index (χ2v) is 6.81. The molecule has 4 aromatic rings. The first-order chi connectivity index (χ1) is 13.7. The number of aromatic nitrogens is 4. The van der Waals surface area contributed by atoms with Gasteiger partial charge >= 0.3 is 5.69 Å². The topological polar surface area (TPSA) is 107 Å². The van der Waals surface area contributed by atoms with E-state index in [-0.39, 0.29) is 16.5 Å². The third-order valence-corrected chi connectivity index (χ3v) is 5.00. The van der Waals surface area contributed by atoms with E-state index in [1.165, 1.54) is 18.1 Å². The predicted molar refractivity (Wildman–Crippen MR) is 106 cm³/mol. The van der Waals surface area contributed by atoms with Gasteiger partial charge in [0.15, 0.2) is 5.03 Å². The van der Waals surface area contributed by atoms with Crippen LogP contribution in [0.15, 0.2) is 77.3 Å². The summed E-state index contributed by atoms with van der Waals surface area (Å²) in [5.74, 6) is 0.166. The molecule has 1 aromatic carbocycles. The van der Waals surface area contributed by atoms with Gasteiger partial charge in [-0.15, -0.1) is 0 Å². The highest BCUT2D eigenvalue weighted by atomic mass is 32.2. The number of fused-ring (bicyclic) bond motifs is 1. The SMILES string of the molecule is O=[N+]([O-])c1c(NCc2cccnc2)ncnc1Sc1cccc2cccnc12. The van der Waals surface area contributed by atoms with Gasteiger partial charge in [-0.25, -0.2) is 9.97 Å². The lowest BCUT2D eigenvalue weighted by atomic mass is 10.2. The Balaban J connectivity index is 1.68. The molecule has 0 aliphatic rings. The molecule has 0 spiro atoms. The molecule has 0 fully saturated rings. The van der Waals surface area contributed by atoms with E-state index < -0.39 is 4.92 Å². The van der Waals surface area contributed by atoms with Crippen molar-refractivity contribution in [3.63, 3.8) is 0 Å². The van der Waals surface area contributed by atoms with Crippen LogP contribution in [0.1, 0.15) is 5.56 Å². The maximum atomic E-state index is 11.8. The Morgan fingerprint density at radius 2 is 1.89 bits per heavy atom. The lowest BCUT2D eigenvalue weighted by molar-refractivity contribution is -0.387. The van der Waals surface area contributed by atoms with E-state index in [1.54, 1.807) is 24.7 Å². The van der Waals surface area contributed by atoms with E-state index in [1.807, 2.05) is 36.4 Å². The smallest absolute Gasteiger partial charge is 0.343 e. The third-order valence-electron chi connectivity index (χ3n) is 3.96. The van der Waals surface area contributed by atoms with E-state index in [0.29, 0.717) is 6.54 Å². The Labute approximate surface area is 164 Å². The van der Waals surface area contributed by atoms with Crippen LogP contribution in [0.3, 0.4) is 0 Å². The summed E-state index contributed by atoms with van der Waals surface area (Å²) in [5, 5.41) is 16.0. The lowest BCUT2D eigenvalue weighted by Gasteiger charge is -2.09. The summed E-state index contributed by atoms with van der Waals surface area (Å²) in [7, 11) is 0. The summed E-state index contributed by atoms with van der Waals surface area (Å²) in [5.41, 5.74) is 1.50. The minimum absolute atomic E-state index is 0.163. The molecule has 0 saturated carbocycles. The summed E-state index contributed by atoms with van der Waals surface area (Å²) in [6.45, 7) is 0.367. The highest BCUT2D eigenvalue weighted by Crippen LogP contribution is 2.38. The van der Waals surface area contributed by atoms with E-state index >= 15 is 0 Å². The van der Waals surface area contributed by atoms with Crippen molar-refractivity contribution in [1.82, 2.24) is 19.9 Å². The number of rotatable bonds is 6. The summed E-state index contributed by atoms with van der Waals surface area (Å²) >= 11 is 1.20. The fraction of sp³-hybridized carbons (Fsp3) is 0.0526. The number of anilines is 1. The van der Waals surface area contributed by atoms with Crippen molar-refractivity contribution in [1.29, 1.82) is 0 Å². The molecule has 0 saturated heterocycles. The van der Waals surface area contributed by atoms with Gasteiger partial charge in [0, 0.05) is 35.4 Å². The van der Waals surface area contributed by atoms with Gasteiger partial charge in [-0.3, -0.25) is 20.1 Å². The largest absolute Gasteiger partial charge is 0.360 e. The molecule has 9 heteroatoms. The molecule has 8 nitrogen and oxygen atoms in total. The van der Waals surface area contributed by atoms with Gasteiger partial charge in [0.2, 0.25) is 5.82 Å². The summed E-state index contributed by atoms with van der Waals surface area (Å²) < 4.78 is 0. The zero-order chi connectivity index (χ0) is 19.3. The molecule has 0 aliphatic heterocycles. The highest BCUT2D eigenvalue weighted by Gasteiger charge is 2.24. The second-order valence-electron chi connectivity index (χ2n) is 5.78. The molecule has 0 amide bonds. The maximum absolute atomic E-state index is 11.8. The number of benzene rings is 1. The van der Waals surface area contributed by atoms with Crippen LogP contribution in [0.25, 0.3) is 10.9 Å². The second kappa shape index (κ2) is 7.97. The number of nitro groups is 1. The van der Waals surface area contributed by atoms with Gasteiger partial charge in [0.1, 0.15) is 6.33 Å². The van der Waals surface area contributed by atoms with Crippen LogP contribution >= 0.6 is 11.8 Å². The Morgan fingerprint density at radius 1 is 1.04 bits per heavy atom. The van der Waals surface area contributed by atoms with Gasteiger partial charge in [-0.05, 0) is 23.8 Å². The molecule has 138 valence electrons. The van der Waals surface area contributed by atoms with Crippen molar-refractivity contribution >= 4 is 34.2 Å². The van der Waals surface area contributed by atoms with Crippen molar-refractivity contribution in [2.45, 2.75) is 16.5 Å². The molecule has 0 bridgehead atoms. The molecule has 0 radical (unpaired) electrons. The molecule has 0 aliphatic carbocycles. The quantitative estimate of drug-likeness (QED) is 0.298. The van der Waals surface area contributed by atoms with Crippen molar-refractivity contribution < 1.29 is 4.92 Å². The van der Waals surface area contributed by atoms with Crippen LogP contribution in [-0.2, 0) is 6.54 Å². The lowest BCUT2D eigenvalue weighted by Crippen LogP contribution is -2.06. The monoisotopic (exact) mass is 390 g/mol. The number of pyridine rings is 2. The third kappa shape index (κ3) is 3.74. The van der Waals surface area contributed by atoms with Gasteiger partial charge in [-0.2, -0.15) is 0 Å². The number of nitrogens with zero attached hydrogens (tertiary/aromatic N) is 5. The summed E-state index contributed by atoms with van der Waals surface area (Å²) in [4.78, 5) is 28.7. The first-order valence-corrected chi connectivity index (χ1v) is 9.18. The predicted octanol–water partition coefficient (Wildman–Crippen LogP) is 4.09. The summed E-state index contributed by atoms with van der Waals surface area (Å²) in [6, 6.07) is 13.2. The van der Waals surface area contributed by atoms with Crippen LogP contribution in [-0.4, -0.2) is 24.9 Å². The molecular weight excluding hydrogens is 376 g/mol. The fourth-order valence-electron chi connectivity index (χ4n) is 2.68. The van der Waals surface area contributed by atoms with Crippen LogP contribution in [0.2, 0.25) is 0 Å². The Kier molecular flexibility index (Phi) is 5.07. The van der Waals surface area contributed by atoms with E-state index in [0.717, 1.165) is 21.4 Å². The normalized spacial score (nSPS) is 10.7. The minimum atomic E-state index is -0.466. The average Bonchev–Trinajstić information content (AvgIpc) is 2.73. The van der Waals surface area contributed by atoms with Crippen LogP contribution in [0, 0.1) is 10.1 Å². The van der Waals surface area contributed by atoms with Crippen molar-refractivity contribution in [2.75, 3.05) is 5.32 Å². The Morgan fingerprint density at radius 3 is 2.71 bits per heavy atom. The molecule has 0 unspecified atom stereocenters. The molecule has 4 rings (SSSR count). The van der Waals surface area contributed by atoms with Crippen LogP contribution in [0.4, 0.5) is 11.5 Å².